The zero-order valence-electron chi connectivity index (χ0n) is 45.8. The Bertz CT molecular complexity index is 3700. The minimum Gasteiger partial charge on any atom is -0.486 e. The van der Waals surface area contributed by atoms with Crippen LogP contribution in [-0.2, 0) is 20.9 Å². The Morgan fingerprint density at radius 1 is 0.951 bits per heavy atom. The van der Waals surface area contributed by atoms with Gasteiger partial charge in [0.2, 0.25) is 11.8 Å². The second-order valence-electron chi connectivity index (χ2n) is 22.8. The van der Waals surface area contributed by atoms with E-state index in [1.54, 1.807) is 43.8 Å². The van der Waals surface area contributed by atoms with E-state index >= 15 is 4.39 Å². The SMILES string of the molecule is Cc1c(F)cc2[nH]ncc2c1-c1c(C2CC2)cc2c(N3C[C@@H]4C[C@H]3CN4)nc(OC3CCOCC3)nc2c1OCc1ccc(-c2cn([C@H](C(=O)N3C[C@H](O)C[C@H]3C(=O)N[C@@H](CO)c3ccc(-c4ccncc4Cl)cc3)C(C)C)nn2)cc1. The van der Waals surface area contributed by atoms with Crippen molar-refractivity contribution < 1.29 is 38.4 Å². The molecule has 4 saturated heterocycles. The van der Waals surface area contributed by atoms with E-state index in [1.165, 1.54) is 15.6 Å². The predicted octanol–water partition coefficient (Wildman–Crippen LogP) is 8.17. The molecule has 0 spiro atoms. The summed E-state index contributed by atoms with van der Waals surface area (Å²) in [6.07, 6.45) is 10.1. The predicted molar refractivity (Wildman–Crippen MR) is 306 cm³/mol. The van der Waals surface area contributed by atoms with Crippen LogP contribution in [0.2, 0.25) is 5.02 Å². The summed E-state index contributed by atoms with van der Waals surface area (Å²) in [5.74, 6) is 0.0221. The zero-order chi connectivity index (χ0) is 56.3. The van der Waals surface area contributed by atoms with Crippen LogP contribution in [0.25, 0.3) is 55.3 Å². The number of rotatable bonds is 17. The molecule has 424 valence electrons. The molecule has 6 atom stereocenters. The highest BCUT2D eigenvalue weighted by molar-refractivity contribution is 6.33. The number of aliphatic hydroxyl groups is 2. The van der Waals surface area contributed by atoms with Crippen molar-refractivity contribution >= 4 is 51.0 Å². The van der Waals surface area contributed by atoms with E-state index in [0.717, 1.165) is 95.2 Å². The lowest BCUT2D eigenvalue weighted by molar-refractivity contribution is -0.142. The fourth-order valence-corrected chi connectivity index (χ4v) is 12.7. The average molecular weight is 1130 g/mol. The Labute approximate surface area is 477 Å². The van der Waals surface area contributed by atoms with E-state index in [4.69, 9.17) is 35.8 Å². The first kappa shape index (κ1) is 53.7. The molecule has 2 bridgehead atoms. The molecular weight excluding hydrogens is 1070 g/mol. The summed E-state index contributed by atoms with van der Waals surface area (Å²) in [4.78, 5) is 47.0. The number of fused-ring (bicyclic) bond motifs is 4. The number of nitrogens with zero attached hydrogens (tertiary/aromatic N) is 9. The molecule has 21 heteroatoms. The molecular formula is C61H64ClFN12O7. The molecule has 2 amide bonds. The van der Waals surface area contributed by atoms with Gasteiger partial charge in [0, 0.05) is 96.4 Å². The maximum absolute atomic E-state index is 16.2. The van der Waals surface area contributed by atoms with E-state index in [2.05, 4.69) is 47.1 Å². The third-order valence-electron chi connectivity index (χ3n) is 17.0. The van der Waals surface area contributed by atoms with Gasteiger partial charge in [-0.2, -0.15) is 15.1 Å². The Morgan fingerprint density at radius 3 is 2.46 bits per heavy atom. The number of halogens is 2. The fraction of sp³-hybridized carbons (Fsp3) is 0.410. The van der Waals surface area contributed by atoms with Crippen molar-refractivity contribution in [3.8, 4) is 45.3 Å². The summed E-state index contributed by atoms with van der Waals surface area (Å²) in [6.45, 7) is 8.13. The number of amides is 2. The number of aromatic amines is 1. The van der Waals surface area contributed by atoms with Crippen LogP contribution in [0.4, 0.5) is 10.2 Å². The van der Waals surface area contributed by atoms with Gasteiger partial charge in [-0.15, -0.1) is 5.10 Å². The number of hydrogen-bond donors (Lipinski definition) is 5. The number of likely N-dealkylation sites (tertiary alicyclic amines) is 1. The van der Waals surface area contributed by atoms with E-state index in [1.807, 2.05) is 56.3 Å². The maximum atomic E-state index is 16.2. The lowest BCUT2D eigenvalue weighted by Crippen LogP contribution is -2.50. The van der Waals surface area contributed by atoms with Crippen LogP contribution in [0.15, 0.2) is 91.5 Å². The maximum Gasteiger partial charge on any atom is 0.319 e. The van der Waals surface area contributed by atoms with Crippen LogP contribution in [0, 0.1) is 18.7 Å². The van der Waals surface area contributed by atoms with Crippen LogP contribution in [-0.4, -0.2) is 137 Å². The summed E-state index contributed by atoms with van der Waals surface area (Å²) in [6, 6.07) is 18.9. The van der Waals surface area contributed by atoms with Gasteiger partial charge >= 0.3 is 6.01 Å². The number of benzene rings is 4. The average Bonchev–Trinajstić information content (AvgIpc) is 3.31. The Kier molecular flexibility index (Phi) is 14.6. The normalized spacial score (nSPS) is 20.8. The first-order valence-corrected chi connectivity index (χ1v) is 28.7. The van der Waals surface area contributed by atoms with Crippen molar-refractivity contribution in [2.45, 2.75) is 114 Å². The lowest BCUT2D eigenvalue weighted by Gasteiger charge is -2.31. The zero-order valence-corrected chi connectivity index (χ0v) is 46.5. The first-order chi connectivity index (χ1) is 39.9. The molecule has 5 N–H and O–H groups in total. The van der Waals surface area contributed by atoms with E-state index in [9.17, 15) is 19.8 Å². The van der Waals surface area contributed by atoms with Gasteiger partial charge in [-0.3, -0.25) is 19.7 Å². The number of ether oxygens (including phenoxy) is 3. The second kappa shape index (κ2) is 22.3. The van der Waals surface area contributed by atoms with Crippen molar-refractivity contribution in [2.75, 3.05) is 44.4 Å². The molecule has 5 fully saturated rings. The molecule has 1 aliphatic carbocycles. The summed E-state index contributed by atoms with van der Waals surface area (Å²) in [7, 11) is 0. The Morgan fingerprint density at radius 2 is 1.74 bits per heavy atom. The van der Waals surface area contributed by atoms with Gasteiger partial charge in [0.15, 0.2) is 5.75 Å². The third-order valence-corrected chi connectivity index (χ3v) is 17.3. The Hall–Kier alpha value is -7.62. The number of aliphatic hydroxyl groups excluding tert-OH is 2. The molecule has 82 heavy (non-hydrogen) atoms. The topological polar surface area (TPSA) is 231 Å². The third kappa shape index (κ3) is 10.3. The molecule has 8 aromatic rings. The van der Waals surface area contributed by atoms with Gasteiger partial charge in [-0.05, 0) is 84.0 Å². The molecule has 0 radical (unpaired) electrons. The van der Waals surface area contributed by atoms with Crippen molar-refractivity contribution in [3.05, 3.63) is 125 Å². The highest BCUT2D eigenvalue weighted by Gasteiger charge is 2.44. The van der Waals surface area contributed by atoms with Gasteiger partial charge in [0.05, 0.1) is 54.9 Å². The van der Waals surface area contributed by atoms with Crippen LogP contribution < -0.4 is 25.0 Å². The first-order valence-electron chi connectivity index (χ1n) is 28.4. The standard InChI is InChI=1S/C61H64ClFN12O7/c1-32(2)56(60(79)74-28-41(77)21-52(74)59(78)67-51(30-76)38-12-10-35(11-13-38)43-14-17-64-26-47(43)62)75-29-50(71-72-75)37-6-4-34(5-7-37)31-81-57-54(53-33(3)48(63)23-49-46(53)25-66-70-49)44(36-8-9-36)22-45-55(57)68-61(82-42-15-18-80-19-16-42)69-58(45)73-27-39-20-40(73)24-65-39/h4-7,10-14,17,22-23,25-26,29,32,36,39-42,51-52,56,65,76-77H,8-9,15-16,18-21,24,27-28,30-31H2,1-3H3,(H,66,70)(H,67,78)/t39-,40-,41+,51-,52-,56-/m0/s1. The van der Waals surface area contributed by atoms with Gasteiger partial charge in [-0.1, -0.05) is 79.2 Å². The number of aromatic nitrogens is 8. The molecule has 0 unspecified atom stereocenters. The number of H-pyrrole nitrogens is 1. The number of β-amino-alcohol motifs (C(OH)–C–C–N with tert-alkyl or cyclic N) is 1. The van der Waals surface area contributed by atoms with E-state index in [0.29, 0.717) is 63.4 Å². The molecule has 19 nitrogen and oxygen atoms in total. The summed E-state index contributed by atoms with van der Waals surface area (Å²) in [5.41, 5.74) is 8.60. The fourth-order valence-electron chi connectivity index (χ4n) is 12.5. The van der Waals surface area contributed by atoms with Crippen molar-refractivity contribution in [1.82, 2.24) is 55.7 Å². The van der Waals surface area contributed by atoms with Crippen LogP contribution in [0.3, 0.4) is 0 Å². The minimum absolute atomic E-state index is 0.0268. The number of piperazine rings is 1. The van der Waals surface area contributed by atoms with Gasteiger partial charge < -0.3 is 44.9 Å². The quantitative estimate of drug-likeness (QED) is 0.0579. The van der Waals surface area contributed by atoms with Crippen LogP contribution >= 0.6 is 11.6 Å². The highest BCUT2D eigenvalue weighted by atomic mass is 35.5. The molecule has 4 aliphatic heterocycles. The number of hydrogen-bond acceptors (Lipinski definition) is 15. The summed E-state index contributed by atoms with van der Waals surface area (Å²) >= 11 is 6.38. The Balaban J connectivity index is 0.781. The van der Waals surface area contributed by atoms with Gasteiger partial charge in [0.25, 0.3) is 0 Å². The van der Waals surface area contributed by atoms with Gasteiger partial charge in [-0.25, -0.2) is 9.07 Å². The van der Waals surface area contributed by atoms with Crippen LogP contribution in [0.1, 0.15) is 92.6 Å². The summed E-state index contributed by atoms with van der Waals surface area (Å²) in [5, 5.41) is 46.4. The number of nitrogens with one attached hydrogen (secondary N) is 3. The molecule has 5 aliphatic rings. The largest absolute Gasteiger partial charge is 0.486 e. The van der Waals surface area contributed by atoms with Crippen molar-refractivity contribution in [2.24, 2.45) is 5.92 Å². The second-order valence-corrected chi connectivity index (χ2v) is 23.2. The van der Waals surface area contributed by atoms with Crippen LogP contribution in [0.5, 0.6) is 11.8 Å². The number of pyridine rings is 1. The molecule has 4 aromatic carbocycles. The monoisotopic (exact) mass is 1130 g/mol. The van der Waals surface area contributed by atoms with E-state index < -0.39 is 42.7 Å². The molecule has 8 heterocycles. The molecule has 4 aromatic heterocycles. The summed E-state index contributed by atoms with van der Waals surface area (Å²) < 4.78 is 37.2. The number of anilines is 1. The smallest absolute Gasteiger partial charge is 0.319 e. The minimum atomic E-state index is -1.00. The molecule has 13 rings (SSSR count). The van der Waals surface area contributed by atoms with Crippen molar-refractivity contribution in [3.63, 3.8) is 0 Å². The number of carbonyl (C=O) groups is 2. The highest BCUT2D eigenvalue weighted by Crippen LogP contribution is 2.54. The van der Waals surface area contributed by atoms with E-state index in [-0.39, 0.29) is 55.4 Å². The van der Waals surface area contributed by atoms with Gasteiger partial charge in [0.1, 0.15) is 47.6 Å². The number of carbonyl (C=O) groups excluding carboxylic acids is 2. The lowest BCUT2D eigenvalue weighted by atomic mass is 9.88. The van der Waals surface area contributed by atoms with Crippen molar-refractivity contribution in [1.29, 1.82) is 0 Å². The molecule has 1 saturated carbocycles.